The Kier molecular flexibility index (Phi) is 3.01. The summed E-state index contributed by atoms with van der Waals surface area (Å²) in [5, 5.41) is 3.84. The van der Waals surface area contributed by atoms with Gasteiger partial charge in [-0.05, 0) is 18.1 Å². The van der Waals surface area contributed by atoms with Crippen molar-refractivity contribution in [2.75, 3.05) is 5.73 Å². The molecular weight excluding hydrogens is 268 g/mol. The maximum absolute atomic E-state index is 5.81. The minimum absolute atomic E-state index is 0.286. The molecule has 0 aliphatic rings. The highest BCUT2D eigenvalue weighted by atomic mass is 79.9. The van der Waals surface area contributed by atoms with Crippen molar-refractivity contribution in [1.29, 1.82) is 0 Å². The molecule has 2 rings (SSSR count). The van der Waals surface area contributed by atoms with Crippen LogP contribution in [0.3, 0.4) is 0 Å². The monoisotopic (exact) mass is 280 g/mol. The molecule has 0 saturated carbocycles. The number of hydrogen-bond donors (Lipinski definition) is 1. The molecule has 1 aromatic heterocycles. The van der Waals surface area contributed by atoms with Crippen LogP contribution in [0, 0.1) is 0 Å². The quantitative estimate of drug-likeness (QED) is 0.910. The van der Waals surface area contributed by atoms with Gasteiger partial charge in [-0.1, -0.05) is 47.1 Å². The van der Waals surface area contributed by atoms with Crippen LogP contribution in [0.25, 0.3) is 11.3 Å². The molecule has 2 aromatic rings. The van der Waals surface area contributed by atoms with Crippen molar-refractivity contribution in [2.45, 2.75) is 19.8 Å². The molecule has 0 saturated heterocycles. The van der Waals surface area contributed by atoms with Gasteiger partial charge in [0.15, 0.2) is 11.6 Å². The van der Waals surface area contributed by atoms with Gasteiger partial charge in [0.2, 0.25) is 0 Å². The average Bonchev–Trinajstić information content (AvgIpc) is 2.61. The van der Waals surface area contributed by atoms with Gasteiger partial charge in [-0.25, -0.2) is 0 Å². The van der Waals surface area contributed by atoms with Crippen LogP contribution in [0.15, 0.2) is 33.3 Å². The van der Waals surface area contributed by atoms with Crippen LogP contribution >= 0.6 is 15.9 Å². The molecule has 84 valence electrons. The summed E-state index contributed by atoms with van der Waals surface area (Å²) in [6.07, 6.45) is 0. The second-order valence-corrected chi connectivity index (χ2v) is 4.80. The van der Waals surface area contributed by atoms with Crippen LogP contribution in [0.1, 0.15) is 25.3 Å². The predicted octanol–water partition coefficient (Wildman–Crippen LogP) is 3.81. The second-order valence-electron chi connectivity index (χ2n) is 3.95. The SMILES string of the molecule is CC(C)c1c(N)noc1-c1ccccc1Br. The minimum Gasteiger partial charge on any atom is -0.381 e. The fourth-order valence-corrected chi connectivity index (χ4v) is 2.17. The van der Waals surface area contributed by atoms with Crippen LogP contribution < -0.4 is 5.73 Å². The zero-order valence-corrected chi connectivity index (χ0v) is 10.8. The van der Waals surface area contributed by atoms with E-state index < -0.39 is 0 Å². The lowest BCUT2D eigenvalue weighted by atomic mass is 9.99. The molecule has 2 N–H and O–H groups in total. The topological polar surface area (TPSA) is 52.0 Å². The zero-order chi connectivity index (χ0) is 11.7. The lowest BCUT2D eigenvalue weighted by molar-refractivity contribution is 0.434. The summed E-state index contributed by atoms with van der Waals surface area (Å²) < 4.78 is 6.30. The number of benzene rings is 1. The van der Waals surface area contributed by atoms with Crippen LogP contribution in [0.2, 0.25) is 0 Å². The van der Waals surface area contributed by atoms with E-state index in [2.05, 4.69) is 34.9 Å². The number of rotatable bonds is 2. The summed E-state index contributed by atoms with van der Waals surface area (Å²) >= 11 is 3.50. The van der Waals surface area contributed by atoms with Crippen molar-refractivity contribution in [3.8, 4) is 11.3 Å². The highest BCUT2D eigenvalue weighted by Crippen LogP contribution is 2.36. The fourth-order valence-electron chi connectivity index (χ4n) is 1.71. The second kappa shape index (κ2) is 4.29. The van der Waals surface area contributed by atoms with E-state index in [0.29, 0.717) is 5.82 Å². The van der Waals surface area contributed by atoms with Gasteiger partial charge in [0.05, 0.1) is 0 Å². The molecule has 0 unspecified atom stereocenters. The highest BCUT2D eigenvalue weighted by molar-refractivity contribution is 9.10. The summed E-state index contributed by atoms with van der Waals surface area (Å²) in [7, 11) is 0. The van der Waals surface area contributed by atoms with Crippen molar-refractivity contribution >= 4 is 21.7 Å². The number of nitrogens with zero attached hydrogens (tertiary/aromatic N) is 1. The molecule has 16 heavy (non-hydrogen) atoms. The van der Waals surface area contributed by atoms with Gasteiger partial charge in [0.25, 0.3) is 0 Å². The van der Waals surface area contributed by atoms with Crippen molar-refractivity contribution in [3.63, 3.8) is 0 Å². The van der Waals surface area contributed by atoms with Crippen molar-refractivity contribution in [3.05, 3.63) is 34.3 Å². The Balaban J connectivity index is 2.61. The van der Waals surface area contributed by atoms with Gasteiger partial charge in [0.1, 0.15) is 0 Å². The number of anilines is 1. The molecule has 0 amide bonds. The van der Waals surface area contributed by atoms with Gasteiger partial charge in [0, 0.05) is 15.6 Å². The minimum atomic E-state index is 0.286. The summed E-state index contributed by atoms with van der Waals surface area (Å²) in [4.78, 5) is 0. The standard InChI is InChI=1S/C12H13BrN2O/c1-7(2)10-11(16-15-12(10)14)8-5-3-4-6-9(8)13/h3-7H,1-2H3,(H2,14,15). The number of nitrogen functional groups attached to an aromatic ring is 1. The molecule has 0 radical (unpaired) electrons. The first-order valence-corrected chi connectivity index (χ1v) is 5.90. The number of aromatic nitrogens is 1. The Morgan fingerprint density at radius 2 is 2.00 bits per heavy atom. The maximum Gasteiger partial charge on any atom is 0.173 e. The number of nitrogens with two attached hydrogens (primary N) is 1. The normalized spacial score (nSPS) is 11.0. The van der Waals surface area contributed by atoms with Crippen LogP contribution in [-0.4, -0.2) is 5.16 Å². The van der Waals surface area contributed by atoms with E-state index in [1.54, 1.807) is 0 Å². The Labute approximate surface area is 103 Å². The van der Waals surface area contributed by atoms with E-state index in [9.17, 15) is 0 Å². The van der Waals surface area contributed by atoms with E-state index in [4.69, 9.17) is 10.3 Å². The van der Waals surface area contributed by atoms with Crippen LogP contribution in [0.5, 0.6) is 0 Å². The van der Waals surface area contributed by atoms with Gasteiger partial charge in [-0.3, -0.25) is 0 Å². The van der Waals surface area contributed by atoms with Gasteiger partial charge in [-0.15, -0.1) is 0 Å². The zero-order valence-electron chi connectivity index (χ0n) is 9.20. The van der Waals surface area contributed by atoms with E-state index in [-0.39, 0.29) is 5.92 Å². The molecule has 4 heteroatoms. The third-order valence-electron chi connectivity index (χ3n) is 2.45. The Bertz CT molecular complexity index is 505. The number of hydrogen-bond acceptors (Lipinski definition) is 3. The molecule has 0 fully saturated rings. The summed E-state index contributed by atoms with van der Waals surface area (Å²) in [6, 6.07) is 7.87. The van der Waals surface area contributed by atoms with Crippen LogP contribution in [0.4, 0.5) is 5.82 Å². The van der Waals surface area contributed by atoms with Gasteiger partial charge >= 0.3 is 0 Å². The summed E-state index contributed by atoms with van der Waals surface area (Å²) in [6.45, 7) is 4.15. The third-order valence-corrected chi connectivity index (χ3v) is 3.14. The predicted molar refractivity (Wildman–Crippen MR) is 68.1 cm³/mol. The van der Waals surface area contributed by atoms with E-state index in [1.165, 1.54) is 0 Å². The van der Waals surface area contributed by atoms with Crippen LogP contribution in [-0.2, 0) is 0 Å². The third kappa shape index (κ3) is 1.85. The Hall–Kier alpha value is -1.29. The molecule has 1 aromatic carbocycles. The first-order chi connectivity index (χ1) is 7.61. The molecule has 1 heterocycles. The molecule has 0 bridgehead atoms. The first-order valence-electron chi connectivity index (χ1n) is 5.11. The van der Waals surface area contributed by atoms with Gasteiger partial charge in [-0.2, -0.15) is 0 Å². The Morgan fingerprint density at radius 1 is 1.31 bits per heavy atom. The largest absolute Gasteiger partial charge is 0.381 e. The number of halogens is 1. The molecule has 0 spiro atoms. The highest BCUT2D eigenvalue weighted by Gasteiger charge is 2.19. The average molecular weight is 281 g/mol. The molecule has 0 aliphatic heterocycles. The molecule has 0 atom stereocenters. The van der Waals surface area contributed by atoms with E-state index in [0.717, 1.165) is 21.4 Å². The fraction of sp³-hybridized carbons (Fsp3) is 0.250. The van der Waals surface area contributed by atoms with Crippen molar-refractivity contribution in [2.24, 2.45) is 0 Å². The molecule has 3 nitrogen and oxygen atoms in total. The smallest absolute Gasteiger partial charge is 0.173 e. The molecular formula is C12H13BrN2O. The van der Waals surface area contributed by atoms with E-state index >= 15 is 0 Å². The van der Waals surface area contributed by atoms with Crippen molar-refractivity contribution in [1.82, 2.24) is 5.16 Å². The maximum atomic E-state index is 5.81. The van der Waals surface area contributed by atoms with Crippen molar-refractivity contribution < 1.29 is 4.52 Å². The Morgan fingerprint density at radius 3 is 2.62 bits per heavy atom. The summed E-state index contributed by atoms with van der Waals surface area (Å²) in [5.74, 6) is 1.51. The first kappa shape index (κ1) is 11.2. The lowest BCUT2D eigenvalue weighted by Crippen LogP contribution is -1.95. The lowest BCUT2D eigenvalue weighted by Gasteiger charge is -2.06. The molecule has 0 aliphatic carbocycles. The van der Waals surface area contributed by atoms with Gasteiger partial charge < -0.3 is 10.3 Å². The summed E-state index contributed by atoms with van der Waals surface area (Å²) in [5.41, 5.74) is 7.76. The van der Waals surface area contributed by atoms with E-state index in [1.807, 2.05) is 24.3 Å².